The molecule has 0 heterocycles. The number of methoxy groups -OCH3 is 1. The van der Waals surface area contributed by atoms with Crippen molar-refractivity contribution in [3.05, 3.63) is 64.2 Å². The molecule has 4 heteroatoms. The van der Waals surface area contributed by atoms with Crippen molar-refractivity contribution in [2.45, 2.75) is 12.8 Å². The van der Waals surface area contributed by atoms with E-state index in [1.807, 2.05) is 12.1 Å². The Morgan fingerprint density at radius 1 is 1.14 bits per heavy atom. The van der Waals surface area contributed by atoms with Crippen LogP contribution in [-0.2, 0) is 12.8 Å². The van der Waals surface area contributed by atoms with Crippen LogP contribution in [-0.4, -0.2) is 24.0 Å². The number of carbonyl (C=O) groups excluding carboxylic acids is 1. The minimum Gasteiger partial charge on any atom is -0.497 e. The summed E-state index contributed by atoms with van der Waals surface area (Å²) < 4.78 is 5.17. The molecule has 0 unspecified atom stereocenters. The molecule has 0 saturated heterocycles. The zero-order valence-electron chi connectivity index (χ0n) is 11.6. The molecule has 1 aliphatic carbocycles. The van der Waals surface area contributed by atoms with Gasteiger partial charge in [0.2, 0.25) is 0 Å². The fourth-order valence-corrected chi connectivity index (χ4v) is 2.79. The van der Waals surface area contributed by atoms with Crippen molar-refractivity contribution in [2.75, 3.05) is 7.11 Å². The number of benzene rings is 2. The van der Waals surface area contributed by atoms with Crippen LogP contribution in [0.15, 0.2) is 36.4 Å². The standard InChI is InChI=1S/C17H14O4/c1-21-11-7-5-10-6-8-12-13(16(18)15(10)9-11)3-2-4-14(12)17(19)20/h2-5,7,9H,6,8H2,1H3,(H,19,20). The first-order valence-electron chi connectivity index (χ1n) is 6.68. The van der Waals surface area contributed by atoms with Crippen molar-refractivity contribution in [3.63, 3.8) is 0 Å². The Bertz CT molecular complexity index is 746. The van der Waals surface area contributed by atoms with E-state index >= 15 is 0 Å². The van der Waals surface area contributed by atoms with E-state index in [9.17, 15) is 14.7 Å². The number of ether oxygens (including phenoxy) is 1. The Morgan fingerprint density at radius 3 is 2.67 bits per heavy atom. The second-order valence-electron chi connectivity index (χ2n) is 4.99. The summed E-state index contributed by atoms with van der Waals surface area (Å²) in [6, 6.07) is 10.3. The lowest BCUT2D eigenvalue weighted by Gasteiger charge is -2.08. The number of carbonyl (C=O) groups is 2. The number of carboxylic acids is 1. The smallest absolute Gasteiger partial charge is 0.335 e. The molecule has 0 saturated carbocycles. The number of aryl methyl sites for hydroxylation is 1. The zero-order valence-corrected chi connectivity index (χ0v) is 11.6. The molecule has 0 radical (unpaired) electrons. The van der Waals surface area contributed by atoms with Gasteiger partial charge in [0.25, 0.3) is 0 Å². The first-order chi connectivity index (χ1) is 10.1. The number of aromatic carboxylic acids is 1. The molecule has 1 aliphatic rings. The van der Waals surface area contributed by atoms with Crippen molar-refractivity contribution >= 4 is 11.8 Å². The number of ketones is 1. The fourth-order valence-electron chi connectivity index (χ4n) is 2.79. The highest BCUT2D eigenvalue weighted by Gasteiger charge is 2.25. The van der Waals surface area contributed by atoms with Crippen LogP contribution in [0, 0.1) is 0 Å². The highest BCUT2D eigenvalue weighted by Crippen LogP contribution is 2.29. The summed E-state index contributed by atoms with van der Waals surface area (Å²) >= 11 is 0. The Hall–Kier alpha value is -2.62. The third-order valence-electron chi connectivity index (χ3n) is 3.86. The van der Waals surface area contributed by atoms with Gasteiger partial charge < -0.3 is 9.84 Å². The van der Waals surface area contributed by atoms with Gasteiger partial charge in [-0.05, 0) is 42.2 Å². The molecule has 1 N–H and O–H groups in total. The zero-order chi connectivity index (χ0) is 15.0. The van der Waals surface area contributed by atoms with E-state index in [2.05, 4.69) is 0 Å². The second-order valence-corrected chi connectivity index (χ2v) is 4.99. The molecule has 2 aromatic carbocycles. The van der Waals surface area contributed by atoms with Crippen molar-refractivity contribution in [2.24, 2.45) is 0 Å². The molecule has 0 aliphatic heterocycles. The van der Waals surface area contributed by atoms with Crippen LogP contribution in [0.25, 0.3) is 0 Å². The highest BCUT2D eigenvalue weighted by atomic mass is 16.5. The minimum absolute atomic E-state index is 0.139. The van der Waals surface area contributed by atoms with Gasteiger partial charge in [0.05, 0.1) is 12.7 Å². The van der Waals surface area contributed by atoms with E-state index < -0.39 is 5.97 Å². The van der Waals surface area contributed by atoms with Crippen molar-refractivity contribution in [1.82, 2.24) is 0 Å². The average Bonchev–Trinajstić information content (AvgIpc) is 2.64. The van der Waals surface area contributed by atoms with Crippen LogP contribution < -0.4 is 4.74 Å². The minimum atomic E-state index is -0.997. The quantitative estimate of drug-likeness (QED) is 0.920. The van der Waals surface area contributed by atoms with Gasteiger partial charge in [-0.25, -0.2) is 4.79 Å². The van der Waals surface area contributed by atoms with Gasteiger partial charge in [0.15, 0.2) is 5.78 Å². The van der Waals surface area contributed by atoms with Crippen LogP contribution >= 0.6 is 0 Å². The van der Waals surface area contributed by atoms with Crippen LogP contribution in [0.2, 0.25) is 0 Å². The van der Waals surface area contributed by atoms with Gasteiger partial charge >= 0.3 is 5.97 Å². The predicted molar refractivity (Wildman–Crippen MR) is 77.2 cm³/mol. The lowest BCUT2D eigenvalue weighted by Crippen LogP contribution is -2.09. The molecular weight excluding hydrogens is 268 g/mol. The van der Waals surface area contributed by atoms with Crippen molar-refractivity contribution in [1.29, 1.82) is 0 Å². The van der Waals surface area contributed by atoms with E-state index in [4.69, 9.17) is 4.74 Å². The molecule has 21 heavy (non-hydrogen) atoms. The third-order valence-corrected chi connectivity index (χ3v) is 3.86. The van der Waals surface area contributed by atoms with Gasteiger partial charge in [0, 0.05) is 11.1 Å². The Kier molecular flexibility index (Phi) is 3.22. The molecule has 0 aromatic heterocycles. The van der Waals surface area contributed by atoms with Crippen LogP contribution in [0.4, 0.5) is 0 Å². The lowest BCUT2D eigenvalue weighted by molar-refractivity contribution is 0.0695. The van der Waals surface area contributed by atoms with Gasteiger partial charge in [-0.3, -0.25) is 4.79 Å². The van der Waals surface area contributed by atoms with Crippen LogP contribution in [0.5, 0.6) is 5.75 Å². The van der Waals surface area contributed by atoms with E-state index in [0.717, 1.165) is 5.56 Å². The van der Waals surface area contributed by atoms with Crippen LogP contribution in [0.3, 0.4) is 0 Å². The summed E-state index contributed by atoms with van der Waals surface area (Å²) in [5, 5.41) is 9.29. The summed E-state index contributed by atoms with van der Waals surface area (Å²) in [5.41, 5.74) is 2.82. The number of rotatable bonds is 2. The summed E-state index contributed by atoms with van der Waals surface area (Å²) in [6.45, 7) is 0. The summed E-state index contributed by atoms with van der Waals surface area (Å²) in [5.74, 6) is -0.511. The van der Waals surface area contributed by atoms with Crippen molar-refractivity contribution < 1.29 is 19.4 Å². The van der Waals surface area contributed by atoms with Crippen LogP contribution in [0.1, 0.15) is 37.4 Å². The Labute approximate surface area is 122 Å². The lowest BCUT2D eigenvalue weighted by atomic mass is 9.95. The molecular formula is C17H14O4. The normalized spacial score (nSPS) is 13.1. The molecule has 0 amide bonds. The SMILES string of the molecule is COc1ccc2c(c1)C(=O)c1cccc(C(=O)O)c1CC2. The second kappa shape index (κ2) is 5.05. The Morgan fingerprint density at radius 2 is 1.95 bits per heavy atom. The maximum atomic E-state index is 12.7. The molecule has 106 valence electrons. The van der Waals surface area contributed by atoms with Gasteiger partial charge in [0.1, 0.15) is 5.75 Å². The summed E-state index contributed by atoms with van der Waals surface area (Å²) in [4.78, 5) is 24.1. The van der Waals surface area contributed by atoms with E-state index in [1.54, 1.807) is 31.4 Å². The predicted octanol–water partition coefficient (Wildman–Crippen LogP) is 2.72. The largest absolute Gasteiger partial charge is 0.497 e. The van der Waals surface area contributed by atoms with Gasteiger partial charge in [-0.1, -0.05) is 18.2 Å². The monoisotopic (exact) mass is 282 g/mol. The first-order valence-corrected chi connectivity index (χ1v) is 6.68. The van der Waals surface area contributed by atoms with E-state index in [1.165, 1.54) is 0 Å². The summed E-state index contributed by atoms with van der Waals surface area (Å²) in [6.07, 6.45) is 1.19. The molecule has 4 nitrogen and oxygen atoms in total. The number of hydrogen-bond donors (Lipinski definition) is 1. The van der Waals surface area contributed by atoms with Crippen molar-refractivity contribution in [3.8, 4) is 5.75 Å². The maximum Gasteiger partial charge on any atom is 0.335 e. The third kappa shape index (κ3) is 2.18. The van der Waals surface area contributed by atoms with E-state index in [0.29, 0.717) is 35.3 Å². The first kappa shape index (κ1) is 13.4. The molecule has 3 rings (SSSR count). The number of hydrogen-bond acceptors (Lipinski definition) is 3. The van der Waals surface area contributed by atoms with Gasteiger partial charge in [-0.15, -0.1) is 0 Å². The topological polar surface area (TPSA) is 63.6 Å². The van der Waals surface area contributed by atoms with Gasteiger partial charge in [-0.2, -0.15) is 0 Å². The molecule has 0 bridgehead atoms. The number of carboxylic acid groups (broad SMARTS) is 1. The molecule has 0 atom stereocenters. The molecule has 0 fully saturated rings. The average molecular weight is 282 g/mol. The van der Waals surface area contributed by atoms with E-state index in [-0.39, 0.29) is 11.3 Å². The highest BCUT2D eigenvalue weighted by molar-refractivity contribution is 6.12. The summed E-state index contributed by atoms with van der Waals surface area (Å²) in [7, 11) is 1.55. The molecule has 0 spiro atoms. The molecule has 2 aromatic rings. The maximum absolute atomic E-state index is 12.7. The number of fused-ring (bicyclic) bond motifs is 2. The fraction of sp³-hybridized carbons (Fsp3) is 0.176. The Balaban J connectivity index is 2.19.